The topological polar surface area (TPSA) is 32.3 Å². The molecule has 2 fully saturated rings. The van der Waals surface area contributed by atoms with Gasteiger partial charge in [0.2, 0.25) is 5.91 Å². The van der Waals surface area contributed by atoms with Crippen LogP contribution in [0.5, 0.6) is 0 Å². The second kappa shape index (κ2) is 5.60. The standard InChI is InChI=1S/C15H28N2O/c1-4-15(3)10-13(15)14(18)17-8-6-12(7-9-17)11-16-5-2/h12-13,16H,4-11H2,1-3H3. The van der Waals surface area contributed by atoms with Crippen molar-refractivity contribution in [2.45, 2.75) is 46.5 Å². The van der Waals surface area contributed by atoms with E-state index in [4.69, 9.17) is 0 Å². The van der Waals surface area contributed by atoms with Crippen LogP contribution >= 0.6 is 0 Å². The number of rotatable bonds is 5. The third-order valence-electron chi connectivity index (χ3n) is 5.07. The molecule has 1 N–H and O–H groups in total. The van der Waals surface area contributed by atoms with Crippen LogP contribution in [0.25, 0.3) is 0 Å². The second-order valence-electron chi connectivity index (χ2n) is 6.34. The van der Waals surface area contributed by atoms with Crippen LogP contribution < -0.4 is 5.32 Å². The van der Waals surface area contributed by atoms with Gasteiger partial charge in [-0.3, -0.25) is 4.79 Å². The summed E-state index contributed by atoms with van der Waals surface area (Å²) >= 11 is 0. The molecular formula is C15H28N2O. The number of carbonyl (C=O) groups is 1. The van der Waals surface area contributed by atoms with Gasteiger partial charge < -0.3 is 10.2 Å². The second-order valence-corrected chi connectivity index (χ2v) is 6.34. The van der Waals surface area contributed by atoms with Crippen LogP contribution in [0.2, 0.25) is 0 Å². The van der Waals surface area contributed by atoms with Gasteiger partial charge in [-0.25, -0.2) is 0 Å². The van der Waals surface area contributed by atoms with E-state index in [-0.39, 0.29) is 0 Å². The van der Waals surface area contributed by atoms with Crippen molar-refractivity contribution >= 4 is 5.91 Å². The highest BCUT2D eigenvalue weighted by molar-refractivity contribution is 5.82. The highest BCUT2D eigenvalue weighted by Gasteiger charge is 2.54. The minimum atomic E-state index is 0.317. The van der Waals surface area contributed by atoms with Crippen LogP contribution in [0, 0.1) is 17.3 Å². The molecule has 2 rings (SSSR count). The highest BCUT2D eigenvalue weighted by Crippen LogP contribution is 2.55. The fourth-order valence-corrected chi connectivity index (χ4v) is 3.11. The molecule has 0 aromatic heterocycles. The Kier molecular flexibility index (Phi) is 4.31. The molecule has 1 aliphatic carbocycles. The van der Waals surface area contributed by atoms with E-state index in [1.165, 1.54) is 12.8 Å². The SMILES string of the molecule is CCNCC1CCN(C(=O)C2CC2(C)CC)CC1. The molecule has 2 unspecified atom stereocenters. The van der Waals surface area contributed by atoms with E-state index in [9.17, 15) is 4.79 Å². The minimum Gasteiger partial charge on any atom is -0.342 e. The third-order valence-corrected chi connectivity index (χ3v) is 5.07. The van der Waals surface area contributed by atoms with Crippen molar-refractivity contribution in [3.8, 4) is 0 Å². The van der Waals surface area contributed by atoms with Crippen molar-refractivity contribution in [3.63, 3.8) is 0 Å². The Morgan fingerprint density at radius 3 is 2.50 bits per heavy atom. The van der Waals surface area contributed by atoms with E-state index in [0.29, 0.717) is 17.2 Å². The largest absolute Gasteiger partial charge is 0.342 e. The molecule has 1 heterocycles. The highest BCUT2D eigenvalue weighted by atomic mass is 16.2. The molecule has 0 aromatic rings. The lowest BCUT2D eigenvalue weighted by Crippen LogP contribution is -2.42. The van der Waals surface area contributed by atoms with Gasteiger partial charge in [-0.1, -0.05) is 20.8 Å². The zero-order valence-corrected chi connectivity index (χ0v) is 12.2. The predicted octanol–water partition coefficient (Wildman–Crippen LogP) is 2.27. The van der Waals surface area contributed by atoms with Crippen molar-refractivity contribution in [2.75, 3.05) is 26.2 Å². The lowest BCUT2D eigenvalue weighted by molar-refractivity contribution is -0.134. The molecule has 2 atom stereocenters. The first kappa shape index (κ1) is 13.9. The maximum atomic E-state index is 12.4. The predicted molar refractivity (Wildman–Crippen MR) is 74.4 cm³/mol. The van der Waals surface area contributed by atoms with Crippen molar-refractivity contribution < 1.29 is 4.79 Å². The summed E-state index contributed by atoms with van der Waals surface area (Å²) in [6, 6.07) is 0. The number of amides is 1. The summed E-state index contributed by atoms with van der Waals surface area (Å²) in [4.78, 5) is 14.5. The van der Waals surface area contributed by atoms with Gasteiger partial charge in [0.15, 0.2) is 0 Å². The van der Waals surface area contributed by atoms with Gasteiger partial charge >= 0.3 is 0 Å². The normalized spacial score (nSPS) is 32.6. The first-order chi connectivity index (χ1) is 8.60. The summed E-state index contributed by atoms with van der Waals surface area (Å²) in [6.07, 6.45) is 4.60. The van der Waals surface area contributed by atoms with E-state index in [1.807, 2.05) is 0 Å². The average Bonchev–Trinajstić information content (AvgIpc) is 3.09. The Morgan fingerprint density at radius 2 is 2.00 bits per heavy atom. The Bertz CT molecular complexity index is 297. The summed E-state index contributed by atoms with van der Waals surface area (Å²) in [5.41, 5.74) is 0.317. The number of nitrogens with zero attached hydrogens (tertiary/aromatic N) is 1. The van der Waals surface area contributed by atoms with Gasteiger partial charge in [-0.2, -0.15) is 0 Å². The van der Waals surface area contributed by atoms with Gasteiger partial charge in [0.05, 0.1) is 0 Å². The molecule has 104 valence electrons. The van der Waals surface area contributed by atoms with Gasteiger partial charge in [0.25, 0.3) is 0 Å². The maximum absolute atomic E-state index is 12.4. The van der Waals surface area contributed by atoms with E-state index in [2.05, 4.69) is 31.0 Å². The maximum Gasteiger partial charge on any atom is 0.226 e. The summed E-state index contributed by atoms with van der Waals surface area (Å²) in [6.45, 7) is 10.7. The first-order valence-electron chi connectivity index (χ1n) is 7.60. The van der Waals surface area contributed by atoms with Gasteiger partial charge in [-0.05, 0) is 50.1 Å². The fraction of sp³-hybridized carbons (Fsp3) is 0.933. The Morgan fingerprint density at radius 1 is 1.33 bits per heavy atom. The number of likely N-dealkylation sites (tertiary alicyclic amines) is 1. The van der Waals surface area contributed by atoms with Crippen LogP contribution in [0.1, 0.15) is 46.5 Å². The average molecular weight is 252 g/mol. The number of hydrogen-bond donors (Lipinski definition) is 1. The molecule has 3 heteroatoms. The van der Waals surface area contributed by atoms with Crippen molar-refractivity contribution in [3.05, 3.63) is 0 Å². The van der Waals surface area contributed by atoms with Crippen LogP contribution in [0.15, 0.2) is 0 Å². The molecular weight excluding hydrogens is 224 g/mol. The summed E-state index contributed by atoms with van der Waals surface area (Å²) in [5, 5.41) is 3.42. The van der Waals surface area contributed by atoms with Gasteiger partial charge in [0.1, 0.15) is 0 Å². The van der Waals surface area contributed by atoms with Crippen LogP contribution in [0.3, 0.4) is 0 Å². The Hall–Kier alpha value is -0.570. The lowest BCUT2D eigenvalue weighted by atomic mass is 9.95. The Labute approximate surface area is 111 Å². The molecule has 18 heavy (non-hydrogen) atoms. The molecule has 0 spiro atoms. The zero-order valence-electron chi connectivity index (χ0n) is 12.2. The summed E-state index contributed by atoms with van der Waals surface area (Å²) in [5.74, 6) is 1.53. The van der Waals surface area contributed by atoms with E-state index < -0.39 is 0 Å². The van der Waals surface area contributed by atoms with Crippen LogP contribution in [0.4, 0.5) is 0 Å². The monoisotopic (exact) mass is 252 g/mol. The lowest BCUT2D eigenvalue weighted by Gasteiger charge is -2.32. The van der Waals surface area contributed by atoms with Crippen molar-refractivity contribution in [1.29, 1.82) is 0 Å². The summed E-state index contributed by atoms with van der Waals surface area (Å²) < 4.78 is 0. The molecule has 0 radical (unpaired) electrons. The molecule has 1 saturated heterocycles. The first-order valence-corrected chi connectivity index (χ1v) is 7.60. The molecule has 0 aromatic carbocycles. The number of nitrogens with one attached hydrogen (secondary N) is 1. The van der Waals surface area contributed by atoms with E-state index in [1.54, 1.807) is 0 Å². The smallest absolute Gasteiger partial charge is 0.226 e. The van der Waals surface area contributed by atoms with Crippen LogP contribution in [-0.4, -0.2) is 37.0 Å². The fourth-order valence-electron chi connectivity index (χ4n) is 3.11. The van der Waals surface area contributed by atoms with Gasteiger partial charge in [0, 0.05) is 19.0 Å². The Balaban J connectivity index is 1.75. The minimum absolute atomic E-state index is 0.317. The molecule has 1 aliphatic heterocycles. The quantitative estimate of drug-likeness (QED) is 0.814. The molecule has 0 bridgehead atoms. The molecule has 3 nitrogen and oxygen atoms in total. The third kappa shape index (κ3) is 2.87. The van der Waals surface area contributed by atoms with E-state index in [0.717, 1.165) is 44.9 Å². The number of carbonyl (C=O) groups excluding carboxylic acids is 1. The zero-order chi connectivity index (χ0) is 13.2. The molecule has 1 saturated carbocycles. The molecule has 1 amide bonds. The van der Waals surface area contributed by atoms with Gasteiger partial charge in [-0.15, -0.1) is 0 Å². The summed E-state index contributed by atoms with van der Waals surface area (Å²) in [7, 11) is 0. The molecule has 2 aliphatic rings. The number of hydrogen-bond acceptors (Lipinski definition) is 2. The van der Waals surface area contributed by atoms with Crippen molar-refractivity contribution in [2.24, 2.45) is 17.3 Å². The van der Waals surface area contributed by atoms with Crippen molar-refractivity contribution in [1.82, 2.24) is 10.2 Å². The number of piperidine rings is 1. The van der Waals surface area contributed by atoms with Crippen LogP contribution in [-0.2, 0) is 4.79 Å². The van der Waals surface area contributed by atoms with E-state index >= 15 is 0 Å².